The van der Waals surface area contributed by atoms with Gasteiger partial charge in [0.15, 0.2) is 0 Å². The Hall–Kier alpha value is -1.88. The molecule has 0 radical (unpaired) electrons. The predicted octanol–water partition coefficient (Wildman–Crippen LogP) is 3.40. The highest BCUT2D eigenvalue weighted by Crippen LogP contribution is 2.16. The monoisotopic (exact) mass is 277 g/mol. The topological polar surface area (TPSA) is 62.7 Å². The van der Waals surface area contributed by atoms with Gasteiger partial charge in [0.25, 0.3) is 0 Å². The minimum absolute atomic E-state index is 0.160. The lowest BCUT2D eigenvalue weighted by molar-refractivity contribution is 0.868. The molecule has 0 aliphatic heterocycles. The Morgan fingerprint density at radius 3 is 2.26 bits per heavy atom. The second-order valence-electron chi connectivity index (χ2n) is 4.54. The number of halogens is 1. The molecular formula is C13H16ClN5. The zero-order valence-corrected chi connectivity index (χ0v) is 11.9. The van der Waals surface area contributed by atoms with Crippen molar-refractivity contribution in [1.29, 1.82) is 0 Å². The lowest BCUT2D eigenvalue weighted by atomic mass is 10.2. The molecule has 0 amide bonds. The second-order valence-corrected chi connectivity index (χ2v) is 4.88. The van der Waals surface area contributed by atoms with E-state index in [1.54, 1.807) is 0 Å². The quantitative estimate of drug-likeness (QED) is 0.897. The average Bonchev–Trinajstić information content (AvgIpc) is 2.30. The minimum atomic E-state index is 0.160. The van der Waals surface area contributed by atoms with Crippen molar-refractivity contribution in [2.45, 2.75) is 26.8 Å². The highest BCUT2D eigenvalue weighted by molar-refractivity contribution is 6.28. The van der Waals surface area contributed by atoms with Gasteiger partial charge < -0.3 is 10.6 Å². The third-order valence-electron chi connectivity index (χ3n) is 2.33. The van der Waals surface area contributed by atoms with E-state index in [-0.39, 0.29) is 11.3 Å². The second kappa shape index (κ2) is 5.84. The Labute approximate surface area is 117 Å². The van der Waals surface area contributed by atoms with Crippen LogP contribution in [0.1, 0.15) is 19.4 Å². The number of nitrogens with zero attached hydrogens (tertiary/aromatic N) is 3. The summed E-state index contributed by atoms with van der Waals surface area (Å²) in [5.74, 6) is 0.886. The maximum atomic E-state index is 5.88. The first-order valence-electron chi connectivity index (χ1n) is 6.05. The highest BCUT2D eigenvalue weighted by Gasteiger charge is 2.06. The van der Waals surface area contributed by atoms with Crippen molar-refractivity contribution in [2.24, 2.45) is 0 Å². The van der Waals surface area contributed by atoms with Crippen LogP contribution in [0.2, 0.25) is 5.28 Å². The molecule has 0 atom stereocenters. The first kappa shape index (κ1) is 13.5. The third kappa shape index (κ3) is 4.06. The van der Waals surface area contributed by atoms with Crippen molar-refractivity contribution in [1.82, 2.24) is 15.0 Å². The Morgan fingerprint density at radius 1 is 1.00 bits per heavy atom. The van der Waals surface area contributed by atoms with Gasteiger partial charge in [0.2, 0.25) is 17.2 Å². The molecule has 0 spiro atoms. The van der Waals surface area contributed by atoms with Gasteiger partial charge in [-0.3, -0.25) is 0 Å². The fourth-order valence-electron chi connectivity index (χ4n) is 1.49. The van der Waals surface area contributed by atoms with E-state index in [9.17, 15) is 0 Å². The SMILES string of the molecule is Cc1ccc(Nc2nc(Cl)nc(NC(C)C)n2)cc1. The molecule has 1 aromatic carbocycles. The van der Waals surface area contributed by atoms with Crippen LogP contribution in [0, 0.1) is 6.92 Å². The van der Waals surface area contributed by atoms with Crippen LogP contribution in [0.4, 0.5) is 17.6 Å². The van der Waals surface area contributed by atoms with Gasteiger partial charge in [0.1, 0.15) is 0 Å². The normalized spacial score (nSPS) is 10.6. The van der Waals surface area contributed by atoms with Crippen molar-refractivity contribution in [3.63, 3.8) is 0 Å². The molecule has 1 heterocycles. The molecule has 2 N–H and O–H groups in total. The number of rotatable bonds is 4. The number of aromatic nitrogens is 3. The van der Waals surface area contributed by atoms with Crippen LogP contribution in [0.25, 0.3) is 0 Å². The van der Waals surface area contributed by atoms with Gasteiger partial charge in [-0.25, -0.2) is 0 Å². The van der Waals surface area contributed by atoms with Crippen molar-refractivity contribution in [2.75, 3.05) is 10.6 Å². The largest absolute Gasteiger partial charge is 0.352 e. The predicted molar refractivity (Wildman–Crippen MR) is 78.1 cm³/mol. The molecule has 0 saturated carbocycles. The van der Waals surface area contributed by atoms with Gasteiger partial charge >= 0.3 is 0 Å². The van der Waals surface area contributed by atoms with E-state index in [2.05, 4.69) is 25.6 Å². The molecule has 5 nitrogen and oxygen atoms in total. The molecule has 2 aromatic rings. The summed E-state index contributed by atoms with van der Waals surface area (Å²) in [5, 5.41) is 6.35. The third-order valence-corrected chi connectivity index (χ3v) is 2.50. The van der Waals surface area contributed by atoms with Gasteiger partial charge in [-0.05, 0) is 44.5 Å². The van der Waals surface area contributed by atoms with E-state index < -0.39 is 0 Å². The van der Waals surface area contributed by atoms with Crippen molar-refractivity contribution < 1.29 is 0 Å². The average molecular weight is 278 g/mol. The fraction of sp³-hybridized carbons (Fsp3) is 0.308. The molecule has 100 valence electrons. The number of aryl methyl sites for hydroxylation is 1. The zero-order chi connectivity index (χ0) is 13.8. The van der Waals surface area contributed by atoms with Crippen LogP contribution in [0.3, 0.4) is 0 Å². The highest BCUT2D eigenvalue weighted by atomic mass is 35.5. The van der Waals surface area contributed by atoms with Crippen LogP contribution in [-0.2, 0) is 0 Å². The Bertz CT molecular complexity index is 553. The summed E-state index contributed by atoms with van der Waals surface area (Å²) in [5.41, 5.74) is 2.10. The van der Waals surface area contributed by atoms with Gasteiger partial charge in [-0.15, -0.1) is 0 Å². The molecule has 0 saturated heterocycles. The van der Waals surface area contributed by atoms with Crippen LogP contribution >= 0.6 is 11.6 Å². The summed E-state index contributed by atoms with van der Waals surface area (Å²) in [4.78, 5) is 12.3. The molecule has 1 aromatic heterocycles. The number of hydrogen-bond donors (Lipinski definition) is 2. The van der Waals surface area contributed by atoms with Gasteiger partial charge in [0.05, 0.1) is 0 Å². The molecule has 0 bridgehead atoms. The van der Waals surface area contributed by atoms with Gasteiger partial charge in [-0.1, -0.05) is 17.7 Å². The summed E-state index contributed by atoms with van der Waals surface area (Å²) in [6, 6.07) is 8.17. The summed E-state index contributed by atoms with van der Waals surface area (Å²) in [6.07, 6.45) is 0. The minimum Gasteiger partial charge on any atom is -0.352 e. The molecule has 6 heteroatoms. The molecule has 2 rings (SSSR count). The maximum absolute atomic E-state index is 5.88. The van der Waals surface area contributed by atoms with Crippen LogP contribution in [0.15, 0.2) is 24.3 Å². The number of nitrogens with one attached hydrogen (secondary N) is 2. The standard InChI is InChI=1S/C13H16ClN5/c1-8(2)15-12-17-11(14)18-13(19-12)16-10-6-4-9(3)5-7-10/h4-8H,1-3H3,(H2,15,16,17,18,19). The van der Waals surface area contributed by atoms with E-state index in [4.69, 9.17) is 11.6 Å². The fourth-order valence-corrected chi connectivity index (χ4v) is 1.65. The van der Waals surface area contributed by atoms with Crippen molar-refractivity contribution >= 4 is 29.2 Å². The van der Waals surface area contributed by atoms with E-state index in [0.29, 0.717) is 11.9 Å². The first-order chi connectivity index (χ1) is 9.02. The lowest BCUT2D eigenvalue weighted by Crippen LogP contribution is -2.14. The lowest BCUT2D eigenvalue weighted by Gasteiger charge is -2.10. The van der Waals surface area contributed by atoms with Gasteiger partial charge in [0, 0.05) is 11.7 Å². The number of hydrogen-bond acceptors (Lipinski definition) is 5. The molecular weight excluding hydrogens is 262 g/mol. The number of benzene rings is 1. The molecule has 0 fully saturated rings. The smallest absolute Gasteiger partial charge is 0.233 e. The van der Waals surface area contributed by atoms with E-state index in [1.165, 1.54) is 5.56 Å². The Balaban J connectivity index is 2.19. The van der Waals surface area contributed by atoms with Crippen molar-refractivity contribution in [3.05, 3.63) is 35.1 Å². The van der Waals surface area contributed by atoms with Crippen LogP contribution in [0.5, 0.6) is 0 Å². The first-order valence-corrected chi connectivity index (χ1v) is 6.42. The summed E-state index contributed by atoms with van der Waals surface area (Å²) < 4.78 is 0. The molecule has 0 unspecified atom stereocenters. The van der Waals surface area contributed by atoms with Gasteiger partial charge in [-0.2, -0.15) is 15.0 Å². The van der Waals surface area contributed by atoms with Crippen LogP contribution in [-0.4, -0.2) is 21.0 Å². The Morgan fingerprint density at radius 2 is 1.63 bits per heavy atom. The maximum Gasteiger partial charge on any atom is 0.233 e. The van der Waals surface area contributed by atoms with E-state index >= 15 is 0 Å². The molecule has 0 aliphatic rings. The Kier molecular flexibility index (Phi) is 4.16. The molecule has 0 aliphatic carbocycles. The summed E-state index contributed by atoms with van der Waals surface area (Å²) in [6.45, 7) is 6.05. The van der Waals surface area contributed by atoms with E-state index in [0.717, 1.165) is 5.69 Å². The number of anilines is 3. The van der Waals surface area contributed by atoms with Crippen LogP contribution < -0.4 is 10.6 Å². The summed E-state index contributed by atoms with van der Waals surface area (Å²) >= 11 is 5.88. The molecule has 19 heavy (non-hydrogen) atoms. The van der Waals surface area contributed by atoms with Crippen molar-refractivity contribution in [3.8, 4) is 0 Å². The summed E-state index contributed by atoms with van der Waals surface area (Å²) in [7, 11) is 0. The van der Waals surface area contributed by atoms with E-state index in [1.807, 2.05) is 45.0 Å². The zero-order valence-electron chi connectivity index (χ0n) is 11.1.